The normalized spacial score (nSPS) is 10.6. The first kappa shape index (κ1) is 13.2. The second kappa shape index (κ2) is 6.10. The molecule has 0 fully saturated rings. The van der Waals surface area contributed by atoms with Gasteiger partial charge in [0.25, 0.3) is 0 Å². The first-order chi connectivity index (χ1) is 8.67. The van der Waals surface area contributed by atoms with E-state index in [0.29, 0.717) is 0 Å². The Balaban J connectivity index is 2.14. The van der Waals surface area contributed by atoms with E-state index >= 15 is 0 Å². The first-order valence-corrected chi connectivity index (χ1v) is 7.34. The lowest BCUT2D eigenvalue weighted by atomic mass is 10.4. The highest BCUT2D eigenvalue weighted by atomic mass is 32.2. The van der Waals surface area contributed by atoms with Crippen LogP contribution in [0.2, 0.25) is 0 Å². The molecule has 0 atom stereocenters. The van der Waals surface area contributed by atoms with Crippen LogP contribution < -0.4 is 5.32 Å². The zero-order valence-electron chi connectivity index (χ0n) is 10.6. The van der Waals surface area contributed by atoms with Crippen LogP contribution in [0.1, 0.15) is 25.0 Å². The number of nitrogens with zero attached hydrogens (tertiary/aromatic N) is 4. The highest BCUT2D eigenvalue weighted by molar-refractivity contribution is 8.00. The molecule has 0 saturated carbocycles. The average Bonchev–Trinajstić information content (AvgIpc) is 2.71. The Morgan fingerprint density at radius 1 is 1.22 bits per heavy atom. The molecule has 0 amide bonds. The first-order valence-electron chi connectivity index (χ1n) is 5.75. The van der Waals surface area contributed by atoms with E-state index in [4.69, 9.17) is 0 Å². The van der Waals surface area contributed by atoms with E-state index in [1.165, 1.54) is 23.3 Å². The molecule has 0 aliphatic rings. The molecular weight excluding hydrogens is 266 g/mol. The summed E-state index contributed by atoms with van der Waals surface area (Å²) in [5, 5.41) is 4.17. The number of hydrogen-bond donors (Lipinski definition) is 1. The van der Waals surface area contributed by atoms with Crippen LogP contribution in [0, 0.1) is 13.8 Å². The van der Waals surface area contributed by atoms with Crippen molar-refractivity contribution in [1.29, 1.82) is 0 Å². The lowest BCUT2D eigenvalue weighted by Crippen LogP contribution is -2.04. The van der Waals surface area contributed by atoms with Gasteiger partial charge >= 0.3 is 0 Å². The average molecular weight is 281 g/mol. The molecule has 1 N–H and O–H groups in total. The minimum absolute atomic E-state index is 0.764. The van der Waals surface area contributed by atoms with Crippen molar-refractivity contribution in [3.63, 3.8) is 0 Å². The molecule has 2 aromatic heterocycles. The second-order valence-electron chi connectivity index (χ2n) is 3.77. The summed E-state index contributed by atoms with van der Waals surface area (Å²) in [6, 6.07) is 1.95. The molecule has 96 valence electrons. The molecule has 2 rings (SSSR count). The molecular formula is C11H15N5S2. The van der Waals surface area contributed by atoms with Gasteiger partial charge in [0.15, 0.2) is 4.34 Å². The van der Waals surface area contributed by atoms with Gasteiger partial charge in [0, 0.05) is 12.6 Å². The van der Waals surface area contributed by atoms with E-state index < -0.39 is 0 Å². The van der Waals surface area contributed by atoms with Crippen LogP contribution in [0.25, 0.3) is 0 Å². The van der Waals surface area contributed by atoms with Crippen LogP contribution in [-0.2, 0) is 0 Å². The van der Waals surface area contributed by atoms with Crippen LogP contribution in [-0.4, -0.2) is 25.9 Å². The lowest BCUT2D eigenvalue weighted by Gasteiger charge is -2.06. The SMILES string of the molecule is CCCNc1cc(Sc2nc(C)ns2)nc(C)n1. The molecule has 5 nitrogen and oxygen atoms in total. The quantitative estimate of drug-likeness (QED) is 0.850. The maximum Gasteiger partial charge on any atom is 0.176 e. The second-order valence-corrected chi connectivity index (χ2v) is 5.79. The Morgan fingerprint density at radius 2 is 2.06 bits per heavy atom. The van der Waals surface area contributed by atoms with E-state index in [-0.39, 0.29) is 0 Å². The molecule has 2 aromatic rings. The van der Waals surface area contributed by atoms with Gasteiger partial charge in [-0.2, -0.15) is 4.37 Å². The fourth-order valence-electron chi connectivity index (χ4n) is 1.35. The van der Waals surface area contributed by atoms with E-state index in [1.54, 1.807) is 0 Å². The van der Waals surface area contributed by atoms with Crippen molar-refractivity contribution in [2.75, 3.05) is 11.9 Å². The maximum atomic E-state index is 4.40. The Labute approximate surface area is 115 Å². The van der Waals surface area contributed by atoms with Gasteiger partial charge < -0.3 is 5.32 Å². The van der Waals surface area contributed by atoms with Crippen molar-refractivity contribution in [3.8, 4) is 0 Å². The Morgan fingerprint density at radius 3 is 2.72 bits per heavy atom. The summed E-state index contributed by atoms with van der Waals surface area (Å²) in [7, 11) is 0. The van der Waals surface area contributed by atoms with Crippen LogP contribution in [0.5, 0.6) is 0 Å². The monoisotopic (exact) mass is 281 g/mol. The minimum atomic E-state index is 0.764. The van der Waals surface area contributed by atoms with Crippen LogP contribution >= 0.6 is 23.3 Å². The molecule has 0 saturated heterocycles. The Hall–Kier alpha value is -1.21. The molecule has 0 aromatic carbocycles. The molecule has 0 spiro atoms. The smallest absolute Gasteiger partial charge is 0.176 e. The summed E-state index contributed by atoms with van der Waals surface area (Å²) in [6.45, 7) is 6.83. The summed E-state index contributed by atoms with van der Waals surface area (Å²) < 4.78 is 5.07. The largest absolute Gasteiger partial charge is 0.370 e. The van der Waals surface area contributed by atoms with Gasteiger partial charge in [0.05, 0.1) is 0 Å². The Bertz CT molecular complexity index is 526. The van der Waals surface area contributed by atoms with E-state index in [9.17, 15) is 0 Å². The number of nitrogens with one attached hydrogen (secondary N) is 1. The van der Waals surface area contributed by atoms with Gasteiger partial charge in [0.2, 0.25) is 0 Å². The highest BCUT2D eigenvalue weighted by Gasteiger charge is 2.07. The number of hydrogen-bond acceptors (Lipinski definition) is 7. The molecule has 0 unspecified atom stereocenters. The van der Waals surface area contributed by atoms with Crippen LogP contribution in [0.15, 0.2) is 15.4 Å². The summed E-state index contributed by atoms with van der Waals surface area (Å²) in [5.41, 5.74) is 0. The van der Waals surface area contributed by atoms with Gasteiger partial charge in [-0.05, 0) is 43.6 Å². The molecule has 18 heavy (non-hydrogen) atoms. The fraction of sp³-hybridized carbons (Fsp3) is 0.455. The van der Waals surface area contributed by atoms with E-state index in [0.717, 1.165) is 39.8 Å². The van der Waals surface area contributed by atoms with Crippen LogP contribution in [0.3, 0.4) is 0 Å². The molecule has 7 heteroatoms. The molecule has 0 radical (unpaired) electrons. The van der Waals surface area contributed by atoms with Crippen molar-refractivity contribution in [2.24, 2.45) is 0 Å². The molecule has 0 aliphatic heterocycles. The van der Waals surface area contributed by atoms with E-state index in [2.05, 4.69) is 31.6 Å². The van der Waals surface area contributed by atoms with Gasteiger partial charge in [0.1, 0.15) is 22.5 Å². The van der Waals surface area contributed by atoms with Crippen molar-refractivity contribution in [2.45, 2.75) is 36.6 Å². The lowest BCUT2D eigenvalue weighted by molar-refractivity contribution is 0.927. The predicted molar refractivity (Wildman–Crippen MR) is 74.3 cm³/mol. The van der Waals surface area contributed by atoms with Crippen LogP contribution in [0.4, 0.5) is 5.82 Å². The summed E-state index contributed by atoms with van der Waals surface area (Å²) in [6.07, 6.45) is 1.07. The molecule has 0 aliphatic carbocycles. The molecule has 2 heterocycles. The van der Waals surface area contributed by atoms with Gasteiger partial charge in [-0.25, -0.2) is 15.0 Å². The third-order valence-electron chi connectivity index (χ3n) is 2.07. The van der Waals surface area contributed by atoms with E-state index in [1.807, 2.05) is 19.9 Å². The number of aromatic nitrogens is 4. The van der Waals surface area contributed by atoms with Gasteiger partial charge in [-0.15, -0.1) is 0 Å². The topological polar surface area (TPSA) is 63.6 Å². The zero-order valence-corrected chi connectivity index (χ0v) is 12.2. The van der Waals surface area contributed by atoms with Crippen molar-refractivity contribution in [3.05, 3.63) is 17.7 Å². The number of anilines is 1. The highest BCUT2D eigenvalue weighted by Crippen LogP contribution is 2.28. The maximum absolute atomic E-state index is 4.40. The Kier molecular flexibility index (Phi) is 4.48. The third kappa shape index (κ3) is 3.64. The standard InChI is InChI=1S/C11H15N5S2/c1-4-5-12-9-6-10(14-7(2)13-9)17-11-15-8(3)16-18-11/h6H,4-5H2,1-3H3,(H,12,13,14). The number of rotatable bonds is 5. The van der Waals surface area contributed by atoms with Crippen molar-refractivity contribution in [1.82, 2.24) is 19.3 Å². The fourth-order valence-corrected chi connectivity index (χ4v) is 2.99. The minimum Gasteiger partial charge on any atom is -0.370 e. The predicted octanol–water partition coefficient (Wildman–Crippen LogP) is 2.92. The summed E-state index contributed by atoms with van der Waals surface area (Å²) in [4.78, 5) is 13.1. The number of aryl methyl sites for hydroxylation is 2. The van der Waals surface area contributed by atoms with Gasteiger partial charge in [-0.3, -0.25) is 0 Å². The van der Waals surface area contributed by atoms with Crippen molar-refractivity contribution >= 4 is 29.1 Å². The summed E-state index contributed by atoms with van der Waals surface area (Å²) >= 11 is 2.92. The molecule has 0 bridgehead atoms. The zero-order chi connectivity index (χ0) is 13.0. The van der Waals surface area contributed by atoms with Gasteiger partial charge in [-0.1, -0.05) is 6.92 Å². The van der Waals surface area contributed by atoms with Crippen molar-refractivity contribution < 1.29 is 0 Å². The summed E-state index contributed by atoms with van der Waals surface area (Å²) in [5.74, 6) is 2.44. The third-order valence-corrected chi connectivity index (χ3v) is 3.83.